The monoisotopic (exact) mass is 268 g/mol. The molecule has 0 aliphatic carbocycles. The lowest BCUT2D eigenvalue weighted by atomic mass is 10.2. The fourth-order valence-electron chi connectivity index (χ4n) is 1.84. The Morgan fingerprint density at radius 3 is 2.72 bits per heavy atom. The van der Waals surface area contributed by atoms with Crippen LogP contribution in [0.5, 0.6) is 0 Å². The number of rotatable bonds is 6. The second kappa shape index (κ2) is 6.64. The maximum Gasteiger partial charge on any atom is 0.335 e. The molecule has 100 valence electrons. The lowest BCUT2D eigenvalue weighted by molar-refractivity contribution is 0.0696. The number of hydrogen-bond donors (Lipinski definition) is 1. The van der Waals surface area contributed by atoms with Crippen molar-refractivity contribution in [1.82, 2.24) is 4.98 Å². The van der Waals surface area contributed by atoms with Crippen molar-refractivity contribution < 1.29 is 9.90 Å². The summed E-state index contributed by atoms with van der Waals surface area (Å²) in [5.74, 6) is 0.826. The molecule has 1 atom stereocenters. The topological polar surface area (TPSA) is 53.4 Å². The minimum atomic E-state index is -0.909. The smallest absolute Gasteiger partial charge is 0.335 e. The quantitative estimate of drug-likeness (QED) is 0.859. The van der Waals surface area contributed by atoms with Gasteiger partial charge < -0.3 is 10.0 Å². The Labute approximate surface area is 112 Å². The zero-order valence-electron chi connectivity index (χ0n) is 11.3. The van der Waals surface area contributed by atoms with Crippen LogP contribution in [0.2, 0.25) is 0 Å². The summed E-state index contributed by atoms with van der Waals surface area (Å²) in [7, 11) is 1.97. The van der Waals surface area contributed by atoms with Crippen molar-refractivity contribution >= 4 is 23.5 Å². The highest BCUT2D eigenvalue weighted by Crippen LogP contribution is 2.19. The number of anilines is 1. The number of aryl methyl sites for hydroxylation is 1. The minimum Gasteiger partial charge on any atom is -0.478 e. The number of nitrogens with zero attached hydrogens (tertiary/aromatic N) is 2. The summed E-state index contributed by atoms with van der Waals surface area (Å²) in [6.45, 7) is 3.95. The lowest BCUT2D eigenvalue weighted by Crippen LogP contribution is -2.34. The Kier molecular flexibility index (Phi) is 5.47. The van der Waals surface area contributed by atoms with E-state index in [9.17, 15) is 4.79 Å². The third-order valence-electron chi connectivity index (χ3n) is 2.93. The molecular formula is C13H20N2O2S. The third kappa shape index (κ3) is 3.63. The van der Waals surface area contributed by atoms with Crippen LogP contribution in [0.4, 0.5) is 5.82 Å². The molecule has 0 saturated heterocycles. The van der Waals surface area contributed by atoms with E-state index in [1.807, 2.05) is 14.0 Å². The minimum absolute atomic E-state index is 0.295. The zero-order valence-corrected chi connectivity index (χ0v) is 12.1. The van der Waals surface area contributed by atoms with Gasteiger partial charge in [0.1, 0.15) is 5.82 Å². The van der Waals surface area contributed by atoms with Gasteiger partial charge in [0.05, 0.1) is 5.56 Å². The van der Waals surface area contributed by atoms with Gasteiger partial charge >= 0.3 is 5.97 Å². The van der Waals surface area contributed by atoms with Gasteiger partial charge in [0.2, 0.25) is 0 Å². The maximum atomic E-state index is 11.0. The predicted molar refractivity (Wildman–Crippen MR) is 76.8 cm³/mol. The van der Waals surface area contributed by atoms with Crippen molar-refractivity contribution in [2.24, 2.45) is 0 Å². The van der Waals surface area contributed by atoms with E-state index in [0.717, 1.165) is 23.7 Å². The average Bonchev–Trinajstić information content (AvgIpc) is 2.34. The number of hydrogen-bond acceptors (Lipinski definition) is 4. The number of aromatic carboxylic acids is 1. The molecular weight excluding hydrogens is 248 g/mol. The molecule has 0 saturated carbocycles. The molecule has 4 nitrogen and oxygen atoms in total. The summed E-state index contributed by atoms with van der Waals surface area (Å²) in [4.78, 5) is 17.5. The van der Waals surface area contributed by atoms with Crippen molar-refractivity contribution in [2.45, 2.75) is 26.3 Å². The molecule has 1 aromatic rings. The maximum absolute atomic E-state index is 11.0. The third-order valence-corrected chi connectivity index (χ3v) is 3.64. The van der Waals surface area contributed by atoms with Crippen LogP contribution in [-0.2, 0) is 0 Å². The molecule has 18 heavy (non-hydrogen) atoms. The zero-order chi connectivity index (χ0) is 13.7. The Bertz CT molecular complexity index is 423. The second-order valence-corrected chi connectivity index (χ2v) is 5.20. The first-order chi connectivity index (χ1) is 8.49. The summed E-state index contributed by atoms with van der Waals surface area (Å²) in [5, 5.41) is 9.06. The molecule has 0 fully saturated rings. The Morgan fingerprint density at radius 1 is 1.56 bits per heavy atom. The van der Waals surface area contributed by atoms with Crippen molar-refractivity contribution in [3.8, 4) is 0 Å². The predicted octanol–water partition coefficient (Wildman–Crippen LogP) is 2.67. The van der Waals surface area contributed by atoms with Crippen LogP contribution >= 0.6 is 11.8 Å². The number of aromatic nitrogens is 1. The standard InChI is InChI=1S/C13H20N2O2S/c1-5-11(8-18-4)15(3)12-7-10(13(16)17)6-9(2)14-12/h6-7,11H,5,8H2,1-4H3,(H,16,17). The first-order valence-electron chi connectivity index (χ1n) is 5.93. The van der Waals surface area contributed by atoms with E-state index in [2.05, 4.69) is 23.1 Å². The van der Waals surface area contributed by atoms with Gasteiger partial charge in [-0.25, -0.2) is 9.78 Å². The van der Waals surface area contributed by atoms with Crippen molar-refractivity contribution in [3.63, 3.8) is 0 Å². The van der Waals surface area contributed by atoms with Gasteiger partial charge in [-0.2, -0.15) is 11.8 Å². The van der Waals surface area contributed by atoms with Gasteiger partial charge in [0.25, 0.3) is 0 Å². The van der Waals surface area contributed by atoms with Gasteiger partial charge in [-0.15, -0.1) is 0 Å². The number of carboxylic acids is 1. The summed E-state index contributed by atoms with van der Waals surface area (Å²) >= 11 is 1.79. The fraction of sp³-hybridized carbons (Fsp3) is 0.538. The van der Waals surface area contributed by atoms with E-state index < -0.39 is 5.97 Å². The van der Waals surface area contributed by atoms with E-state index in [1.165, 1.54) is 0 Å². The summed E-state index contributed by atoms with van der Waals surface area (Å²) in [6, 6.07) is 3.60. The number of carbonyl (C=O) groups is 1. The molecule has 0 aliphatic heterocycles. The van der Waals surface area contributed by atoms with Crippen LogP contribution in [0.3, 0.4) is 0 Å². The first kappa shape index (κ1) is 14.8. The van der Waals surface area contributed by atoms with E-state index in [4.69, 9.17) is 5.11 Å². The van der Waals surface area contributed by atoms with Crippen LogP contribution in [0.25, 0.3) is 0 Å². The molecule has 1 heterocycles. The van der Waals surface area contributed by atoms with Gasteiger partial charge in [-0.05, 0) is 31.7 Å². The molecule has 1 N–H and O–H groups in total. The normalized spacial score (nSPS) is 12.2. The number of carboxylic acid groups (broad SMARTS) is 1. The molecule has 0 aromatic carbocycles. The highest BCUT2D eigenvalue weighted by atomic mass is 32.2. The number of thioether (sulfide) groups is 1. The summed E-state index contributed by atoms with van der Waals surface area (Å²) < 4.78 is 0. The molecule has 0 radical (unpaired) electrons. The van der Waals surface area contributed by atoms with Crippen LogP contribution in [0.1, 0.15) is 29.4 Å². The van der Waals surface area contributed by atoms with Gasteiger partial charge in [-0.3, -0.25) is 0 Å². The summed E-state index contributed by atoms with van der Waals surface area (Å²) in [6.07, 6.45) is 3.08. The molecule has 5 heteroatoms. The van der Waals surface area contributed by atoms with E-state index in [0.29, 0.717) is 11.6 Å². The van der Waals surface area contributed by atoms with Crippen LogP contribution in [0.15, 0.2) is 12.1 Å². The van der Waals surface area contributed by atoms with Crippen LogP contribution in [0, 0.1) is 6.92 Å². The molecule has 1 unspecified atom stereocenters. The van der Waals surface area contributed by atoms with E-state index >= 15 is 0 Å². The van der Waals surface area contributed by atoms with Gasteiger partial charge in [0, 0.05) is 24.5 Å². The fourth-order valence-corrected chi connectivity index (χ4v) is 2.68. The molecule has 0 aliphatic rings. The highest BCUT2D eigenvalue weighted by Gasteiger charge is 2.16. The Balaban J connectivity index is 3.04. The molecule has 1 aromatic heterocycles. The van der Waals surface area contributed by atoms with Crippen molar-refractivity contribution in [1.29, 1.82) is 0 Å². The SMILES string of the molecule is CCC(CSC)N(C)c1cc(C(=O)O)cc(C)n1. The summed E-state index contributed by atoms with van der Waals surface area (Å²) in [5.41, 5.74) is 1.03. The average molecular weight is 268 g/mol. The molecule has 0 spiro atoms. The number of pyridine rings is 1. The van der Waals surface area contributed by atoms with Gasteiger partial charge in [0.15, 0.2) is 0 Å². The second-order valence-electron chi connectivity index (χ2n) is 4.29. The highest BCUT2D eigenvalue weighted by molar-refractivity contribution is 7.98. The largest absolute Gasteiger partial charge is 0.478 e. The Hall–Kier alpha value is -1.23. The Morgan fingerprint density at radius 2 is 2.22 bits per heavy atom. The van der Waals surface area contributed by atoms with E-state index in [-0.39, 0.29) is 0 Å². The first-order valence-corrected chi connectivity index (χ1v) is 7.32. The van der Waals surface area contributed by atoms with Crippen molar-refractivity contribution in [3.05, 3.63) is 23.4 Å². The molecule has 0 amide bonds. The van der Waals surface area contributed by atoms with Gasteiger partial charge in [-0.1, -0.05) is 6.92 Å². The van der Waals surface area contributed by atoms with Crippen LogP contribution < -0.4 is 4.90 Å². The molecule has 0 bridgehead atoms. The molecule has 1 rings (SSSR count). The van der Waals surface area contributed by atoms with Crippen LogP contribution in [-0.4, -0.2) is 41.2 Å². The van der Waals surface area contributed by atoms with E-state index in [1.54, 1.807) is 23.9 Å². The lowest BCUT2D eigenvalue weighted by Gasteiger charge is -2.28. The van der Waals surface area contributed by atoms with Crippen molar-refractivity contribution in [2.75, 3.05) is 24.0 Å².